The van der Waals surface area contributed by atoms with Crippen molar-refractivity contribution in [3.63, 3.8) is 0 Å². The first-order valence-electron chi connectivity index (χ1n) is 4.54. The quantitative estimate of drug-likeness (QED) is 0.717. The van der Waals surface area contributed by atoms with Gasteiger partial charge in [-0.1, -0.05) is 26.2 Å². The maximum atomic E-state index is 11.3. The number of nitrogens with two attached hydrogens (primary N) is 1. The summed E-state index contributed by atoms with van der Waals surface area (Å²) < 4.78 is 22.0. The molecule has 12 heavy (non-hydrogen) atoms. The Morgan fingerprint density at radius 1 is 1.25 bits per heavy atom. The Morgan fingerprint density at radius 2 is 1.75 bits per heavy atom. The summed E-state index contributed by atoms with van der Waals surface area (Å²) in [7, 11) is -3.34. The minimum atomic E-state index is -3.34. The predicted octanol–water partition coefficient (Wildman–Crippen LogP) is 1.39. The Hall–Kier alpha value is -0.0900. The number of hydrogen-bond acceptors (Lipinski definition) is 2. The second kappa shape index (κ2) is 3.34. The Bertz CT molecular complexity index is 240. The molecule has 0 bridgehead atoms. The van der Waals surface area contributed by atoms with Crippen LogP contribution in [0.4, 0.5) is 0 Å². The highest BCUT2D eigenvalue weighted by atomic mass is 32.2. The maximum Gasteiger partial charge on any atom is 0.214 e. The van der Waals surface area contributed by atoms with Crippen LogP contribution in [0.3, 0.4) is 0 Å². The molecular weight excluding hydrogens is 174 g/mol. The van der Waals surface area contributed by atoms with Crippen molar-refractivity contribution in [2.24, 2.45) is 5.14 Å². The third kappa shape index (κ3) is 1.64. The minimum Gasteiger partial charge on any atom is -0.228 e. The van der Waals surface area contributed by atoms with Gasteiger partial charge < -0.3 is 0 Å². The van der Waals surface area contributed by atoms with Gasteiger partial charge in [0.25, 0.3) is 0 Å². The Morgan fingerprint density at radius 3 is 2.00 bits per heavy atom. The molecule has 0 heterocycles. The van der Waals surface area contributed by atoms with Crippen LogP contribution in [0, 0.1) is 0 Å². The van der Waals surface area contributed by atoms with E-state index in [4.69, 9.17) is 5.14 Å². The first-order chi connectivity index (χ1) is 5.52. The van der Waals surface area contributed by atoms with E-state index in [0.717, 1.165) is 32.1 Å². The number of hydrogen-bond donors (Lipinski definition) is 1. The summed E-state index contributed by atoms with van der Waals surface area (Å²) >= 11 is 0. The van der Waals surface area contributed by atoms with Gasteiger partial charge in [-0.25, -0.2) is 13.6 Å². The zero-order chi connectivity index (χ0) is 9.24. The third-order valence-corrected chi connectivity index (χ3v) is 4.92. The van der Waals surface area contributed by atoms with Crippen LogP contribution in [0.5, 0.6) is 0 Å². The van der Waals surface area contributed by atoms with Gasteiger partial charge in [-0.3, -0.25) is 0 Å². The number of rotatable bonds is 2. The average molecular weight is 191 g/mol. The molecule has 0 aliphatic heterocycles. The van der Waals surface area contributed by atoms with Crippen molar-refractivity contribution < 1.29 is 8.42 Å². The molecular formula is C8H17NO2S. The molecule has 1 aliphatic rings. The molecule has 0 radical (unpaired) electrons. The number of primary sulfonamides is 1. The van der Waals surface area contributed by atoms with Crippen LogP contribution in [0.15, 0.2) is 0 Å². The lowest BCUT2D eigenvalue weighted by Crippen LogP contribution is -2.44. The van der Waals surface area contributed by atoms with Crippen molar-refractivity contribution in [2.75, 3.05) is 0 Å². The molecule has 2 N–H and O–H groups in total. The van der Waals surface area contributed by atoms with Crippen molar-refractivity contribution >= 4 is 10.0 Å². The minimum absolute atomic E-state index is 0.592. The molecule has 0 unspecified atom stereocenters. The fourth-order valence-corrected chi connectivity index (χ4v) is 3.30. The van der Waals surface area contributed by atoms with E-state index >= 15 is 0 Å². The van der Waals surface area contributed by atoms with Crippen LogP contribution < -0.4 is 5.14 Å². The number of sulfonamides is 1. The van der Waals surface area contributed by atoms with Gasteiger partial charge in [0.1, 0.15) is 0 Å². The zero-order valence-electron chi connectivity index (χ0n) is 7.54. The van der Waals surface area contributed by atoms with Crippen LogP contribution >= 0.6 is 0 Å². The lowest BCUT2D eigenvalue weighted by Gasteiger charge is -2.33. The predicted molar refractivity (Wildman–Crippen MR) is 49.2 cm³/mol. The first kappa shape index (κ1) is 9.99. The molecule has 0 atom stereocenters. The van der Waals surface area contributed by atoms with Crippen molar-refractivity contribution in [1.82, 2.24) is 0 Å². The molecule has 0 spiro atoms. The fraction of sp³-hybridized carbons (Fsp3) is 1.00. The van der Waals surface area contributed by atoms with E-state index in [2.05, 4.69) is 0 Å². The van der Waals surface area contributed by atoms with Crippen LogP contribution in [-0.2, 0) is 10.0 Å². The summed E-state index contributed by atoms with van der Waals surface area (Å²) in [5.74, 6) is 0. The van der Waals surface area contributed by atoms with Gasteiger partial charge in [0, 0.05) is 0 Å². The van der Waals surface area contributed by atoms with Gasteiger partial charge in [0.05, 0.1) is 4.75 Å². The van der Waals surface area contributed by atoms with Crippen molar-refractivity contribution in [3.8, 4) is 0 Å². The van der Waals surface area contributed by atoms with Crippen LogP contribution in [0.25, 0.3) is 0 Å². The third-order valence-electron chi connectivity index (χ3n) is 3.01. The second-order valence-corrected chi connectivity index (χ2v) is 5.60. The standard InChI is InChI=1S/C8H17NO2S/c1-2-8(12(9,10)11)6-4-3-5-7-8/h2-7H2,1H3,(H2,9,10,11). The topological polar surface area (TPSA) is 60.2 Å². The molecule has 0 aromatic heterocycles. The van der Waals surface area contributed by atoms with E-state index in [-0.39, 0.29) is 0 Å². The lowest BCUT2D eigenvalue weighted by molar-refractivity contribution is 0.364. The van der Waals surface area contributed by atoms with Crippen LogP contribution in [-0.4, -0.2) is 13.2 Å². The fourth-order valence-electron chi connectivity index (χ4n) is 2.04. The van der Waals surface area contributed by atoms with Gasteiger partial charge in [-0.05, 0) is 19.3 Å². The first-order valence-corrected chi connectivity index (χ1v) is 6.09. The van der Waals surface area contributed by atoms with Gasteiger partial charge in [-0.2, -0.15) is 0 Å². The smallest absolute Gasteiger partial charge is 0.214 e. The van der Waals surface area contributed by atoms with E-state index in [9.17, 15) is 8.42 Å². The van der Waals surface area contributed by atoms with E-state index in [1.807, 2.05) is 6.92 Å². The van der Waals surface area contributed by atoms with Crippen molar-refractivity contribution in [2.45, 2.75) is 50.2 Å². The van der Waals surface area contributed by atoms with E-state index in [0.29, 0.717) is 6.42 Å². The molecule has 0 aromatic carbocycles. The molecule has 0 aromatic rings. The van der Waals surface area contributed by atoms with Gasteiger partial charge in [0.2, 0.25) is 10.0 Å². The summed E-state index contributed by atoms with van der Waals surface area (Å²) in [6.45, 7) is 1.91. The summed E-state index contributed by atoms with van der Waals surface area (Å²) in [5, 5.41) is 5.23. The van der Waals surface area contributed by atoms with Crippen LogP contribution in [0.2, 0.25) is 0 Å². The SMILES string of the molecule is CCC1(S(N)(=O)=O)CCCCC1. The summed E-state index contributed by atoms with van der Waals surface area (Å²) in [4.78, 5) is 0. The Labute approximate surface area is 74.4 Å². The van der Waals surface area contributed by atoms with Gasteiger partial charge in [0.15, 0.2) is 0 Å². The van der Waals surface area contributed by atoms with E-state index in [1.165, 1.54) is 0 Å². The molecule has 0 amide bonds. The molecule has 72 valence electrons. The lowest BCUT2D eigenvalue weighted by atomic mass is 9.86. The normalized spacial score (nSPS) is 23.8. The maximum absolute atomic E-state index is 11.3. The molecule has 1 saturated carbocycles. The average Bonchev–Trinajstić information content (AvgIpc) is 2.04. The summed E-state index contributed by atoms with van der Waals surface area (Å²) in [6.07, 6.45) is 5.32. The highest BCUT2D eigenvalue weighted by Gasteiger charge is 2.40. The molecule has 0 saturated heterocycles. The van der Waals surface area contributed by atoms with Crippen molar-refractivity contribution in [1.29, 1.82) is 0 Å². The zero-order valence-corrected chi connectivity index (χ0v) is 8.36. The largest absolute Gasteiger partial charge is 0.228 e. The highest BCUT2D eigenvalue weighted by molar-refractivity contribution is 7.90. The highest BCUT2D eigenvalue weighted by Crippen LogP contribution is 2.36. The molecule has 1 fully saturated rings. The molecule has 1 rings (SSSR count). The monoisotopic (exact) mass is 191 g/mol. The molecule has 1 aliphatic carbocycles. The van der Waals surface area contributed by atoms with Crippen LogP contribution in [0.1, 0.15) is 45.4 Å². The Kier molecular flexibility index (Phi) is 2.78. The van der Waals surface area contributed by atoms with Gasteiger partial charge >= 0.3 is 0 Å². The van der Waals surface area contributed by atoms with E-state index in [1.54, 1.807) is 0 Å². The van der Waals surface area contributed by atoms with Gasteiger partial charge in [-0.15, -0.1) is 0 Å². The van der Waals surface area contributed by atoms with E-state index < -0.39 is 14.8 Å². The van der Waals surface area contributed by atoms with Crippen molar-refractivity contribution in [3.05, 3.63) is 0 Å². The second-order valence-electron chi connectivity index (χ2n) is 3.64. The molecule has 3 nitrogen and oxygen atoms in total. The summed E-state index contributed by atoms with van der Waals surface area (Å²) in [5.41, 5.74) is 0. The Balaban J connectivity index is 2.88. The molecule has 4 heteroatoms. The summed E-state index contributed by atoms with van der Waals surface area (Å²) in [6, 6.07) is 0.